The molecule has 0 aliphatic heterocycles. The van der Waals surface area contributed by atoms with Crippen molar-refractivity contribution in [1.29, 1.82) is 0 Å². The summed E-state index contributed by atoms with van der Waals surface area (Å²) in [6.45, 7) is 12.0. The fraction of sp³-hybridized carbons (Fsp3) is 0.467. The van der Waals surface area contributed by atoms with E-state index in [1.54, 1.807) is 0 Å². The van der Waals surface area contributed by atoms with E-state index in [1.807, 2.05) is 37.3 Å². The van der Waals surface area contributed by atoms with Crippen LogP contribution >= 0.6 is 0 Å². The van der Waals surface area contributed by atoms with Crippen LogP contribution < -0.4 is 0 Å². The van der Waals surface area contributed by atoms with Gasteiger partial charge in [-0.25, -0.2) is 8.42 Å². The Kier molecular flexibility index (Phi) is 5.16. The predicted octanol–water partition coefficient (Wildman–Crippen LogP) is 3.47. The van der Waals surface area contributed by atoms with Gasteiger partial charge in [-0.05, 0) is 18.9 Å². The van der Waals surface area contributed by atoms with Crippen LogP contribution in [0, 0.1) is 0 Å². The summed E-state index contributed by atoms with van der Waals surface area (Å²) in [5.74, 6) is 0. The Bertz CT molecular complexity index is 527. The van der Waals surface area contributed by atoms with Gasteiger partial charge in [-0.2, -0.15) is 0 Å². The number of hydrogen-bond acceptors (Lipinski definition) is 2. The summed E-state index contributed by atoms with van der Waals surface area (Å²) in [5.41, 5.74) is 1.79. The molecule has 0 aliphatic rings. The van der Waals surface area contributed by atoms with Crippen molar-refractivity contribution in [3.63, 3.8) is 0 Å². The first-order valence-electron chi connectivity index (χ1n) is 6.53. The van der Waals surface area contributed by atoms with Crippen LogP contribution in [0.15, 0.2) is 42.5 Å². The van der Waals surface area contributed by atoms with Gasteiger partial charge in [0.05, 0.1) is 13.3 Å². The van der Waals surface area contributed by atoms with Gasteiger partial charge in [0.2, 0.25) is 0 Å². The predicted molar refractivity (Wildman–Crippen MR) is 85.9 cm³/mol. The van der Waals surface area contributed by atoms with Crippen molar-refractivity contribution >= 4 is 17.9 Å². The third-order valence-electron chi connectivity index (χ3n) is 2.88. The van der Waals surface area contributed by atoms with Crippen LogP contribution in [0.2, 0.25) is 19.6 Å². The Balaban J connectivity index is 2.99. The van der Waals surface area contributed by atoms with E-state index in [-0.39, 0.29) is 0 Å². The quantitative estimate of drug-likeness (QED) is 0.595. The Morgan fingerprint density at radius 3 is 2.16 bits per heavy atom. The maximum Gasteiger partial charge on any atom is 0.154 e. The average molecular weight is 297 g/mol. The molecule has 19 heavy (non-hydrogen) atoms. The van der Waals surface area contributed by atoms with Gasteiger partial charge in [0.1, 0.15) is 0 Å². The summed E-state index contributed by atoms with van der Waals surface area (Å²) < 4.78 is 25.1. The molecule has 0 spiro atoms. The van der Waals surface area contributed by atoms with Crippen LogP contribution in [0.4, 0.5) is 0 Å². The van der Waals surface area contributed by atoms with Crippen molar-refractivity contribution in [3.05, 3.63) is 48.0 Å². The third kappa shape index (κ3) is 5.33. The normalized spacial score (nSPS) is 14.1. The highest BCUT2D eigenvalue weighted by Gasteiger charge is 2.31. The number of sulfone groups is 1. The second-order valence-electron chi connectivity index (χ2n) is 6.39. The largest absolute Gasteiger partial charge is 0.229 e. The molecule has 1 atom stereocenters. The Morgan fingerprint density at radius 2 is 1.74 bits per heavy atom. The highest BCUT2D eigenvalue weighted by atomic mass is 32.2. The van der Waals surface area contributed by atoms with Crippen molar-refractivity contribution < 1.29 is 8.42 Å². The molecule has 1 rings (SSSR count). The highest BCUT2D eigenvalue weighted by Crippen LogP contribution is 2.20. The number of rotatable bonds is 6. The van der Waals surface area contributed by atoms with E-state index < -0.39 is 23.2 Å². The van der Waals surface area contributed by atoms with Gasteiger partial charge < -0.3 is 0 Å². The molecular formula is C15H24O2SSi. The third-order valence-corrected chi connectivity index (χ3v) is 9.39. The van der Waals surface area contributed by atoms with E-state index in [0.717, 1.165) is 11.1 Å². The van der Waals surface area contributed by atoms with Gasteiger partial charge in [-0.1, -0.05) is 62.1 Å². The first-order valence-corrected chi connectivity index (χ1v) is 11.9. The lowest BCUT2D eigenvalue weighted by atomic mass is 10.1. The zero-order valence-electron chi connectivity index (χ0n) is 12.3. The van der Waals surface area contributed by atoms with Crippen LogP contribution in [0.5, 0.6) is 0 Å². The molecule has 4 heteroatoms. The monoisotopic (exact) mass is 296 g/mol. The fourth-order valence-electron chi connectivity index (χ4n) is 2.14. The van der Waals surface area contributed by atoms with E-state index in [4.69, 9.17) is 0 Å². The first-order chi connectivity index (χ1) is 8.62. The summed E-state index contributed by atoms with van der Waals surface area (Å²) >= 11 is 0. The maximum atomic E-state index is 12.6. The highest BCUT2D eigenvalue weighted by molar-refractivity contribution is 7.94. The molecule has 0 saturated carbocycles. The lowest BCUT2D eigenvalue weighted by Crippen LogP contribution is -2.38. The van der Waals surface area contributed by atoms with Crippen LogP contribution in [-0.2, 0) is 16.3 Å². The molecule has 106 valence electrons. The minimum atomic E-state index is -3.12. The van der Waals surface area contributed by atoms with E-state index >= 15 is 0 Å². The summed E-state index contributed by atoms with van der Waals surface area (Å²) in [5, 5.41) is -0.133. The summed E-state index contributed by atoms with van der Waals surface area (Å²) in [6.07, 6.45) is 0.531. The van der Waals surface area contributed by atoms with Gasteiger partial charge in [0, 0.05) is 5.38 Å². The van der Waals surface area contributed by atoms with Gasteiger partial charge in [-0.3, -0.25) is 0 Å². The fourth-order valence-corrected chi connectivity index (χ4v) is 8.83. The molecule has 0 fully saturated rings. The molecule has 0 bridgehead atoms. The molecule has 0 amide bonds. The van der Waals surface area contributed by atoms with E-state index in [0.29, 0.717) is 11.8 Å². The van der Waals surface area contributed by atoms with E-state index in [9.17, 15) is 8.42 Å². The number of hydrogen-bond donors (Lipinski definition) is 0. The summed E-state index contributed by atoms with van der Waals surface area (Å²) in [6, 6.07) is 9.77. The topological polar surface area (TPSA) is 34.1 Å². The molecule has 0 N–H and O–H groups in total. The zero-order valence-corrected chi connectivity index (χ0v) is 14.1. The van der Waals surface area contributed by atoms with E-state index in [1.165, 1.54) is 0 Å². The number of benzene rings is 1. The molecule has 0 saturated heterocycles. The molecular weight excluding hydrogens is 272 g/mol. The minimum absolute atomic E-state index is 0.324. The Labute approximate surface area is 118 Å². The minimum Gasteiger partial charge on any atom is -0.229 e. The molecule has 0 aliphatic carbocycles. The molecule has 0 unspecified atom stereocenters. The van der Waals surface area contributed by atoms with Crippen molar-refractivity contribution in [1.82, 2.24) is 0 Å². The van der Waals surface area contributed by atoms with Gasteiger partial charge in [0.25, 0.3) is 0 Å². The van der Waals surface area contributed by atoms with Gasteiger partial charge in [-0.15, -0.1) is 0 Å². The van der Waals surface area contributed by atoms with Crippen LogP contribution in [0.25, 0.3) is 0 Å². The standard InChI is InChI=1S/C15H24O2SSi/c1-13(2)15(11-14-9-7-6-8-10-14)18(16,17)12-19(3,4)5/h6-10,15H,1,11-12H2,2-5H3/t15-/m1/s1. The first kappa shape index (κ1) is 16.2. The smallest absolute Gasteiger partial charge is 0.154 e. The molecule has 0 aromatic heterocycles. The lowest BCUT2D eigenvalue weighted by Gasteiger charge is -2.23. The second-order valence-corrected chi connectivity index (χ2v) is 14.6. The second kappa shape index (κ2) is 6.05. The van der Waals surface area contributed by atoms with E-state index in [2.05, 4.69) is 26.2 Å². The molecule has 1 aromatic carbocycles. The van der Waals surface area contributed by atoms with Crippen molar-refractivity contribution in [3.8, 4) is 0 Å². The maximum absolute atomic E-state index is 12.6. The zero-order chi connectivity index (χ0) is 14.7. The molecule has 2 nitrogen and oxygen atoms in total. The summed E-state index contributed by atoms with van der Waals surface area (Å²) in [7, 11) is -4.76. The van der Waals surface area contributed by atoms with Crippen LogP contribution in [0.3, 0.4) is 0 Å². The Hall–Kier alpha value is -0.873. The van der Waals surface area contributed by atoms with Crippen molar-refractivity contribution in [2.24, 2.45) is 0 Å². The van der Waals surface area contributed by atoms with Crippen LogP contribution in [0.1, 0.15) is 12.5 Å². The van der Waals surface area contributed by atoms with Gasteiger partial charge in [0.15, 0.2) is 9.84 Å². The lowest BCUT2D eigenvalue weighted by molar-refractivity contribution is 0.589. The van der Waals surface area contributed by atoms with Crippen LogP contribution in [-0.4, -0.2) is 27.1 Å². The molecule has 1 aromatic rings. The summed E-state index contributed by atoms with van der Waals surface area (Å²) in [4.78, 5) is 0. The molecule has 0 heterocycles. The van der Waals surface area contributed by atoms with Gasteiger partial charge >= 0.3 is 0 Å². The Morgan fingerprint density at radius 1 is 1.21 bits per heavy atom. The average Bonchev–Trinajstić information content (AvgIpc) is 2.23. The van der Waals surface area contributed by atoms with Crippen molar-refractivity contribution in [2.75, 3.05) is 5.38 Å². The SMILES string of the molecule is C=C(C)[C@@H](Cc1ccccc1)S(=O)(=O)C[Si](C)(C)C. The molecule has 0 radical (unpaired) electrons. The van der Waals surface area contributed by atoms with Crippen molar-refractivity contribution in [2.45, 2.75) is 38.2 Å².